The van der Waals surface area contributed by atoms with Crippen LogP contribution < -0.4 is 0 Å². The summed E-state index contributed by atoms with van der Waals surface area (Å²) in [6, 6.07) is 10.3. The first kappa shape index (κ1) is 12.7. The second-order valence-corrected chi connectivity index (χ2v) is 6.58. The van der Waals surface area contributed by atoms with Crippen molar-refractivity contribution >= 4 is 0 Å². The van der Waals surface area contributed by atoms with Crippen molar-refractivity contribution in [3.05, 3.63) is 35.4 Å². The van der Waals surface area contributed by atoms with Gasteiger partial charge in [0.1, 0.15) is 0 Å². The summed E-state index contributed by atoms with van der Waals surface area (Å²) in [5.41, 5.74) is 2.11. The van der Waals surface area contributed by atoms with Gasteiger partial charge in [-0.2, -0.15) is 5.26 Å². The minimum absolute atomic E-state index is 0.0323. The van der Waals surface area contributed by atoms with E-state index in [1.165, 1.54) is 31.2 Å². The van der Waals surface area contributed by atoms with Gasteiger partial charge in [-0.15, -0.1) is 0 Å². The number of nitrogens with zero attached hydrogens (tertiary/aromatic N) is 1. The molecule has 1 aromatic carbocycles. The van der Waals surface area contributed by atoms with E-state index < -0.39 is 0 Å². The number of rotatable bonds is 1. The van der Waals surface area contributed by atoms with Crippen molar-refractivity contribution in [2.45, 2.75) is 57.2 Å². The topological polar surface area (TPSA) is 33.0 Å². The first-order valence-corrected chi connectivity index (χ1v) is 7.27. The number of benzene rings is 1. The second-order valence-electron chi connectivity index (χ2n) is 6.58. The summed E-state index contributed by atoms with van der Waals surface area (Å²) in [5.74, 6) is 1.22. The summed E-state index contributed by atoms with van der Waals surface area (Å²) in [5, 5.41) is 8.88. The third kappa shape index (κ3) is 2.40. The van der Waals surface area contributed by atoms with Crippen LogP contribution in [-0.4, -0.2) is 11.7 Å². The van der Waals surface area contributed by atoms with Crippen LogP contribution in [0.1, 0.15) is 56.6 Å². The quantitative estimate of drug-likeness (QED) is 0.759. The lowest BCUT2D eigenvalue weighted by Gasteiger charge is -2.33. The highest BCUT2D eigenvalue weighted by molar-refractivity contribution is 5.34. The Morgan fingerprint density at radius 2 is 1.95 bits per heavy atom. The van der Waals surface area contributed by atoms with Gasteiger partial charge in [0.2, 0.25) is 0 Å². The molecule has 2 nitrogen and oxygen atoms in total. The van der Waals surface area contributed by atoms with Crippen molar-refractivity contribution in [3.8, 4) is 6.07 Å². The van der Waals surface area contributed by atoms with Gasteiger partial charge in [-0.3, -0.25) is 0 Å². The molecule has 3 rings (SSSR count). The molecule has 0 radical (unpaired) electrons. The Labute approximate surface area is 115 Å². The summed E-state index contributed by atoms with van der Waals surface area (Å²) in [7, 11) is 0. The molecule has 3 atom stereocenters. The Kier molecular flexibility index (Phi) is 3.11. The van der Waals surface area contributed by atoms with Gasteiger partial charge in [-0.05, 0) is 56.7 Å². The molecule has 1 aliphatic heterocycles. The average molecular weight is 255 g/mol. The predicted octanol–water partition coefficient (Wildman–Crippen LogP) is 4.01. The van der Waals surface area contributed by atoms with E-state index in [-0.39, 0.29) is 5.60 Å². The summed E-state index contributed by atoms with van der Waals surface area (Å²) < 4.78 is 6.31. The van der Waals surface area contributed by atoms with Crippen molar-refractivity contribution in [3.63, 3.8) is 0 Å². The highest BCUT2D eigenvalue weighted by Crippen LogP contribution is 2.48. The first-order chi connectivity index (χ1) is 9.09. The maximum absolute atomic E-state index is 8.88. The van der Waals surface area contributed by atoms with Crippen molar-refractivity contribution in [2.24, 2.45) is 5.92 Å². The van der Waals surface area contributed by atoms with E-state index in [4.69, 9.17) is 10.00 Å². The Morgan fingerprint density at radius 3 is 2.63 bits per heavy atom. The summed E-state index contributed by atoms with van der Waals surface area (Å²) in [6.07, 6.45) is 5.37. The molecule has 1 aromatic rings. The molecule has 0 unspecified atom stereocenters. The van der Waals surface area contributed by atoms with E-state index in [1.54, 1.807) is 0 Å². The van der Waals surface area contributed by atoms with Crippen LogP contribution in [0.2, 0.25) is 0 Å². The van der Waals surface area contributed by atoms with E-state index >= 15 is 0 Å². The number of hydrogen-bond donors (Lipinski definition) is 0. The third-order valence-electron chi connectivity index (χ3n) is 4.63. The number of fused-ring (bicyclic) bond motifs is 1. The van der Waals surface area contributed by atoms with Crippen LogP contribution in [0.3, 0.4) is 0 Å². The highest BCUT2D eigenvalue weighted by Gasteiger charge is 2.45. The summed E-state index contributed by atoms with van der Waals surface area (Å²) in [6.45, 7) is 4.42. The van der Waals surface area contributed by atoms with Gasteiger partial charge in [-0.1, -0.05) is 18.6 Å². The van der Waals surface area contributed by atoms with Crippen LogP contribution in [-0.2, 0) is 4.74 Å². The first-order valence-electron chi connectivity index (χ1n) is 7.27. The fourth-order valence-electron chi connectivity index (χ4n) is 3.86. The smallest absolute Gasteiger partial charge is 0.0991 e. The molecule has 1 saturated heterocycles. The van der Waals surface area contributed by atoms with Crippen molar-refractivity contribution in [2.75, 3.05) is 0 Å². The van der Waals surface area contributed by atoms with Gasteiger partial charge in [-0.25, -0.2) is 0 Å². The number of ether oxygens (including phenoxy) is 1. The molecule has 19 heavy (non-hydrogen) atoms. The SMILES string of the molecule is CC1(C)C[C@H]2CCC[C@@H](c3ccc(C#N)cc3)[C@H]2O1. The molecule has 0 N–H and O–H groups in total. The molecule has 100 valence electrons. The van der Waals surface area contributed by atoms with E-state index in [1.807, 2.05) is 12.1 Å². The lowest BCUT2D eigenvalue weighted by Crippen LogP contribution is -2.30. The largest absolute Gasteiger partial charge is 0.371 e. The van der Waals surface area contributed by atoms with Crippen LogP contribution in [0.4, 0.5) is 0 Å². The molecule has 2 aliphatic rings. The van der Waals surface area contributed by atoms with Crippen LogP contribution >= 0.6 is 0 Å². The summed E-state index contributed by atoms with van der Waals surface area (Å²) in [4.78, 5) is 0. The van der Waals surface area contributed by atoms with Crippen molar-refractivity contribution in [1.29, 1.82) is 5.26 Å². The molecule has 0 amide bonds. The predicted molar refractivity (Wildman–Crippen MR) is 74.8 cm³/mol. The van der Waals surface area contributed by atoms with Gasteiger partial charge in [0, 0.05) is 5.92 Å². The normalized spacial score (nSPS) is 32.6. The lowest BCUT2D eigenvalue weighted by molar-refractivity contribution is -0.0408. The molecule has 0 spiro atoms. The molecule has 0 bridgehead atoms. The van der Waals surface area contributed by atoms with Gasteiger partial charge in [0.25, 0.3) is 0 Å². The summed E-state index contributed by atoms with van der Waals surface area (Å²) >= 11 is 0. The van der Waals surface area contributed by atoms with Crippen LogP contribution in [0, 0.1) is 17.2 Å². The van der Waals surface area contributed by atoms with Crippen LogP contribution in [0.5, 0.6) is 0 Å². The minimum atomic E-state index is 0.0323. The molecular weight excluding hydrogens is 234 g/mol. The average Bonchev–Trinajstić information content (AvgIpc) is 2.72. The van der Waals surface area contributed by atoms with Gasteiger partial charge in [0.15, 0.2) is 0 Å². The number of hydrogen-bond acceptors (Lipinski definition) is 2. The van der Waals surface area contributed by atoms with Crippen LogP contribution in [0.25, 0.3) is 0 Å². The zero-order valence-corrected chi connectivity index (χ0v) is 11.7. The Morgan fingerprint density at radius 1 is 1.21 bits per heavy atom. The van der Waals surface area contributed by atoms with E-state index in [9.17, 15) is 0 Å². The molecular formula is C17H21NO. The van der Waals surface area contributed by atoms with Gasteiger partial charge in [0.05, 0.1) is 23.3 Å². The molecule has 2 heteroatoms. The zero-order valence-electron chi connectivity index (χ0n) is 11.7. The van der Waals surface area contributed by atoms with E-state index in [2.05, 4.69) is 32.0 Å². The Balaban J connectivity index is 1.85. The maximum Gasteiger partial charge on any atom is 0.0991 e. The maximum atomic E-state index is 8.88. The number of nitriles is 1. The third-order valence-corrected chi connectivity index (χ3v) is 4.63. The minimum Gasteiger partial charge on any atom is -0.371 e. The zero-order chi connectivity index (χ0) is 13.5. The van der Waals surface area contributed by atoms with E-state index in [0.29, 0.717) is 17.9 Å². The van der Waals surface area contributed by atoms with Gasteiger partial charge < -0.3 is 4.74 Å². The van der Waals surface area contributed by atoms with Crippen molar-refractivity contribution in [1.82, 2.24) is 0 Å². The van der Waals surface area contributed by atoms with E-state index in [0.717, 1.165) is 5.56 Å². The van der Waals surface area contributed by atoms with Crippen LogP contribution in [0.15, 0.2) is 24.3 Å². The fourth-order valence-corrected chi connectivity index (χ4v) is 3.86. The molecule has 0 aromatic heterocycles. The van der Waals surface area contributed by atoms with Crippen molar-refractivity contribution < 1.29 is 4.74 Å². The molecule has 1 heterocycles. The molecule has 1 saturated carbocycles. The Hall–Kier alpha value is -1.33. The highest BCUT2D eigenvalue weighted by atomic mass is 16.5. The monoisotopic (exact) mass is 255 g/mol. The second kappa shape index (κ2) is 4.65. The van der Waals surface area contributed by atoms with Gasteiger partial charge >= 0.3 is 0 Å². The molecule has 1 aliphatic carbocycles. The lowest BCUT2D eigenvalue weighted by atomic mass is 9.74. The Bertz CT molecular complexity index is 497. The molecule has 2 fully saturated rings. The standard InChI is InChI=1S/C17H21NO/c1-17(2)10-14-4-3-5-15(16(14)19-17)13-8-6-12(11-18)7-9-13/h6-9,14-16H,3-5,10H2,1-2H3/t14-,15+,16+/m1/s1. The fraction of sp³-hybridized carbons (Fsp3) is 0.588.